The lowest BCUT2D eigenvalue weighted by Gasteiger charge is -2.37. The zero-order valence-electron chi connectivity index (χ0n) is 27.1. The van der Waals surface area contributed by atoms with Crippen LogP contribution in [-0.4, -0.2) is 69.6 Å². The molecule has 0 spiro atoms. The van der Waals surface area contributed by atoms with Gasteiger partial charge in [-0.1, -0.05) is 61.7 Å². The maximum atomic E-state index is 14.1. The Hall–Kier alpha value is -3.87. The van der Waals surface area contributed by atoms with Crippen LogP contribution >= 0.6 is 0 Å². The Morgan fingerprint density at radius 2 is 1.54 bits per heavy atom. The number of methoxy groups -OCH3 is 1. The first-order chi connectivity index (χ1) is 23.2. The third-order valence-electron chi connectivity index (χ3n) is 9.53. The van der Waals surface area contributed by atoms with Crippen LogP contribution in [0.5, 0.6) is 0 Å². The van der Waals surface area contributed by atoms with Crippen molar-refractivity contribution in [1.29, 1.82) is 0 Å². The van der Waals surface area contributed by atoms with Crippen molar-refractivity contribution in [2.24, 2.45) is 5.92 Å². The summed E-state index contributed by atoms with van der Waals surface area (Å²) in [6, 6.07) is 18.4. The fraction of sp³-hybridized carbons (Fsp3) is 0.444. The van der Waals surface area contributed by atoms with E-state index in [4.69, 9.17) is 4.74 Å². The summed E-state index contributed by atoms with van der Waals surface area (Å²) < 4.78 is 61.2. The summed E-state index contributed by atoms with van der Waals surface area (Å²) in [4.78, 5) is 27.0. The highest BCUT2D eigenvalue weighted by molar-refractivity contribution is 7.89. The lowest BCUT2D eigenvalue weighted by Crippen LogP contribution is -2.54. The van der Waals surface area contributed by atoms with Crippen LogP contribution < -0.4 is 16.0 Å². The Labute approximate surface area is 281 Å². The number of alkyl carbamates (subject to hydrolysis) is 1. The van der Waals surface area contributed by atoms with Crippen molar-refractivity contribution in [3.63, 3.8) is 0 Å². The molecule has 2 amide bonds. The average molecular weight is 683 g/mol. The quantitative estimate of drug-likeness (QED) is 0.238. The summed E-state index contributed by atoms with van der Waals surface area (Å²) >= 11 is 0. The smallest absolute Gasteiger partial charge is 0.407 e. The fourth-order valence-electron chi connectivity index (χ4n) is 7.07. The molecule has 5 rings (SSSR count). The van der Waals surface area contributed by atoms with Crippen LogP contribution in [0, 0.1) is 17.6 Å². The number of ether oxygens (including phenoxy) is 1. The van der Waals surface area contributed by atoms with Crippen molar-refractivity contribution in [3.05, 3.63) is 102 Å². The van der Waals surface area contributed by atoms with E-state index in [-0.39, 0.29) is 18.0 Å². The van der Waals surface area contributed by atoms with Gasteiger partial charge in [0.15, 0.2) is 0 Å². The van der Waals surface area contributed by atoms with E-state index < -0.39 is 45.6 Å². The molecular formula is C36H44F2N4O5S. The molecule has 1 saturated carbocycles. The maximum absolute atomic E-state index is 14.1. The number of amides is 2. The van der Waals surface area contributed by atoms with E-state index in [0.717, 1.165) is 38.5 Å². The predicted octanol–water partition coefficient (Wildman–Crippen LogP) is 5.33. The molecule has 0 bridgehead atoms. The van der Waals surface area contributed by atoms with Crippen LogP contribution in [0.15, 0.2) is 83.8 Å². The number of nitrogens with zero attached hydrogens (tertiary/aromatic N) is 1. The first-order valence-electron chi connectivity index (χ1n) is 16.6. The van der Waals surface area contributed by atoms with Gasteiger partial charge < -0.3 is 20.7 Å². The third-order valence-corrected chi connectivity index (χ3v) is 11.5. The second-order valence-electron chi connectivity index (χ2n) is 12.6. The molecule has 3 aromatic rings. The zero-order chi connectivity index (χ0) is 34.1. The van der Waals surface area contributed by atoms with Crippen molar-refractivity contribution in [2.75, 3.05) is 26.7 Å². The molecular weight excluding hydrogens is 638 g/mol. The predicted molar refractivity (Wildman–Crippen MR) is 179 cm³/mol. The highest BCUT2D eigenvalue weighted by Gasteiger charge is 2.37. The molecule has 1 saturated heterocycles. The van der Waals surface area contributed by atoms with Gasteiger partial charge in [-0.25, -0.2) is 22.0 Å². The summed E-state index contributed by atoms with van der Waals surface area (Å²) in [6.07, 6.45) is 5.09. The van der Waals surface area contributed by atoms with Crippen molar-refractivity contribution in [3.8, 4) is 0 Å². The third kappa shape index (κ3) is 8.77. The van der Waals surface area contributed by atoms with Crippen molar-refractivity contribution in [2.45, 2.75) is 73.9 Å². The number of carbonyl (C=O) groups is 2. The van der Waals surface area contributed by atoms with Crippen molar-refractivity contribution < 1.29 is 31.5 Å². The molecule has 2 fully saturated rings. The minimum atomic E-state index is -3.62. The van der Waals surface area contributed by atoms with Crippen molar-refractivity contribution >= 4 is 22.0 Å². The largest absolute Gasteiger partial charge is 0.453 e. The molecule has 1 aliphatic heterocycles. The second kappa shape index (κ2) is 16.5. The molecule has 0 aromatic heterocycles. The summed E-state index contributed by atoms with van der Waals surface area (Å²) in [5.74, 6) is -1.93. The first kappa shape index (κ1) is 35.4. The number of nitrogens with one attached hydrogen (secondary N) is 3. The van der Waals surface area contributed by atoms with Gasteiger partial charge in [-0.05, 0) is 79.1 Å². The van der Waals surface area contributed by atoms with Gasteiger partial charge in [0.25, 0.3) is 0 Å². The van der Waals surface area contributed by atoms with Gasteiger partial charge in [-0.15, -0.1) is 0 Å². The highest BCUT2D eigenvalue weighted by atomic mass is 32.2. The van der Waals surface area contributed by atoms with Gasteiger partial charge in [-0.2, -0.15) is 4.31 Å². The molecule has 3 aromatic carbocycles. The minimum Gasteiger partial charge on any atom is -0.453 e. The number of halogens is 2. The number of benzene rings is 3. The summed E-state index contributed by atoms with van der Waals surface area (Å²) in [5, 5.41) is 9.23. The fourth-order valence-corrected chi connectivity index (χ4v) is 8.74. The Kier molecular flexibility index (Phi) is 12.2. The number of rotatable bonds is 12. The molecule has 12 heteroatoms. The Bertz CT molecular complexity index is 1560. The number of piperazine rings is 1. The van der Waals surface area contributed by atoms with E-state index in [0.29, 0.717) is 42.1 Å². The molecule has 1 aliphatic carbocycles. The SMILES string of the molecule is COC(=O)N[C@H](C(=O)N[C@H]1CCCC[C@@H]1CCC[C@H]1CNCCN1S(=O)(=O)c1ccccc1)C(c1ccc(F)cc1)c1ccc(F)cc1. The lowest BCUT2D eigenvalue weighted by atomic mass is 9.80. The average Bonchev–Trinajstić information content (AvgIpc) is 3.10. The van der Waals surface area contributed by atoms with E-state index in [1.807, 2.05) is 0 Å². The summed E-state index contributed by atoms with van der Waals surface area (Å²) in [6.45, 7) is 1.57. The van der Waals surface area contributed by atoms with E-state index in [1.54, 1.807) is 58.9 Å². The topological polar surface area (TPSA) is 117 Å². The van der Waals surface area contributed by atoms with Crippen LogP contribution in [0.2, 0.25) is 0 Å². The highest BCUT2D eigenvalue weighted by Crippen LogP contribution is 2.33. The minimum absolute atomic E-state index is 0.160. The van der Waals surface area contributed by atoms with E-state index in [1.165, 1.54) is 31.4 Å². The van der Waals surface area contributed by atoms with Crippen LogP contribution in [0.3, 0.4) is 0 Å². The van der Waals surface area contributed by atoms with Gasteiger partial charge in [0.1, 0.15) is 17.7 Å². The van der Waals surface area contributed by atoms with Crippen LogP contribution in [-0.2, 0) is 19.6 Å². The van der Waals surface area contributed by atoms with E-state index in [9.17, 15) is 26.8 Å². The van der Waals surface area contributed by atoms with Gasteiger partial charge in [-0.3, -0.25) is 4.79 Å². The first-order valence-corrected chi connectivity index (χ1v) is 18.0. The monoisotopic (exact) mass is 682 g/mol. The molecule has 2 aliphatic rings. The molecule has 3 N–H and O–H groups in total. The Morgan fingerprint density at radius 3 is 2.17 bits per heavy atom. The molecule has 48 heavy (non-hydrogen) atoms. The van der Waals surface area contributed by atoms with Gasteiger partial charge in [0, 0.05) is 37.6 Å². The lowest BCUT2D eigenvalue weighted by molar-refractivity contribution is -0.124. The van der Waals surface area contributed by atoms with Gasteiger partial charge in [0.05, 0.1) is 12.0 Å². The number of sulfonamides is 1. The molecule has 9 nitrogen and oxygen atoms in total. The molecule has 1 heterocycles. The normalized spacial score (nSPS) is 21.0. The second-order valence-corrected chi connectivity index (χ2v) is 14.5. The van der Waals surface area contributed by atoms with E-state index in [2.05, 4.69) is 16.0 Å². The van der Waals surface area contributed by atoms with Crippen LogP contribution in [0.25, 0.3) is 0 Å². The standard InChI is InChI=1S/C36H44F2N4O5S/c1-47-36(44)41-34(33(26-14-18-28(37)19-15-26)27-16-20-29(38)21-17-27)35(43)40-32-13-6-5-8-25(32)9-7-10-30-24-39-22-23-42(30)48(45,46)31-11-3-2-4-12-31/h2-4,11-12,14-21,25,30,32-34,39H,5-10,13,22-24H2,1H3,(H,40,43)(H,41,44)/t25-,30+,32+,34+/m1/s1. The number of hydrogen-bond acceptors (Lipinski definition) is 6. The molecule has 0 unspecified atom stereocenters. The molecule has 4 atom stereocenters. The van der Waals surface area contributed by atoms with Crippen LogP contribution in [0.1, 0.15) is 62.0 Å². The van der Waals surface area contributed by atoms with Gasteiger partial charge in [0.2, 0.25) is 15.9 Å². The maximum Gasteiger partial charge on any atom is 0.407 e. The van der Waals surface area contributed by atoms with Gasteiger partial charge >= 0.3 is 6.09 Å². The number of hydrogen-bond donors (Lipinski definition) is 3. The summed E-state index contributed by atoms with van der Waals surface area (Å²) in [5.41, 5.74) is 1.13. The Balaban J connectivity index is 1.31. The zero-order valence-corrected chi connectivity index (χ0v) is 27.9. The van der Waals surface area contributed by atoms with Crippen LogP contribution in [0.4, 0.5) is 13.6 Å². The Morgan fingerprint density at radius 1 is 0.917 bits per heavy atom. The molecule has 258 valence electrons. The van der Waals surface area contributed by atoms with Crippen molar-refractivity contribution in [1.82, 2.24) is 20.3 Å². The molecule has 0 radical (unpaired) electrons. The number of carbonyl (C=O) groups excluding carboxylic acids is 2. The van der Waals surface area contributed by atoms with E-state index >= 15 is 0 Å². The summed E-state index contributed by atoms with van der Waals surface area (Å²) in [7, 11) is -2.42.